The Bertz CT molecular complexity index is 644. The Morgan fingerprint density at radius 2 is 1.96 bits per heavy atom. The van der Waals surface area contributed by atoms with Crippen molar-refractivity contribution >= 4 is 10.8 Å². The minimum Gasteiger partial charge on any atom is -0.491 e. The summed E-state index contributed by atoms with van der Waals surface area (Å²) in [6.45, 7) is 2.32. The number of aliphatic hydroxyl groups excluding tert-OH is 2. The molecule has 1 aliphatic rings. The van der Waals surface area contributed by atoms with Gasteiger partial charge in [-0.25, -0.2) is 0 Å². The first kappa shape index (κ1) is 17.2. The molecule has 3 N–H and O–H groups in total. The Balaban J connectivity index is 1.53. The molecule has 1 aliphatic heterocycles. The molecule has 1 fully saturated rings. The highest BCUT2D eigenvalue weighted by Gasteiger charge is 2.27. The van der Waals surface area contributed by atoms with Crippen molar-refractivity contribution < 1.29 is 19.8 Å². The van der Waals surface area contributed by atoms with Crippen molar-refractivity contribution in [2.24, 2.45) is 0 Å². The van der Waals surface area contributed by atoms with Crippen LogP contribution in [0, 0.1) is 0 Å². The standard InChI is InChI=1S/C20H27NO3/c22-12-10-18-7-3-4-11-21(18)14-19(23)15-24-20-9-8-16-5-1-2-6-17(16)13-20/h1-2,5-6,8-9,13,18-19,22-23H,3-4,7,10-12,14-15H2/p+1/t18-,19+/m0/s1. The van der Waals surface area contributed by atoms with Gasteiger partial charge in [-0.3, -0.25) is 0 Å². The van der Waals surface area contributed by atoms with Gasteiger partial charge in [-0.05, 0) is 42.2 Å². The molecule has 130 valence electrons. The zero-order valence-electron chi connectivity index (χ0n) is 14.2. The third-order valence-electron chi connectivity index (χ3n) is 5.02. The lowest BCUT2D eigenvalue weighted by Crippen LogP contribution is -3.17. The monoisotopic (exact) mass is 330 g/mol. The van der Waals surface area contributed by atoms with Crippen molar-refractivity contribution in [2.45, 2.75) is 37.8 Å². The van der Waals surface area contributed by atoms with Crippen molar-refractivity contribution in [3.8, 4) is 5.75 Å². The molecule has 1 saturated heterocycles. The number of quaternary nitrogens is 1. The lowest BCUT2D eigenvalue weighted by Gasteiger charge is -2.33. The summed E-state index contributed by atoms with van der Waals surface area (Å²) in [5.74, 6) is 0.799. The molecule has 3 rings (SSSR count). The second-order valence-corrected chi connectivity index (χ2v) is 6.79. The third-order valence-corrected chi connectivity index (χ3v) is 5.02. The number of likely N-dealkylation sites (tertiary alicyclic amines) is 1. The van der Waals surface area contributed by atoms with Crippen LogP contribution < -0.4 is 9.64 Å². The molecule has 3 atom stereocenters. The zero-order chi connectivity index (χ0) is 16.8. The maximum atomic E-state index is 10.4. The first-order valence-corrected chi connectivity index (χ1v) is 9.01. The van der Waals surface area contributed by atoms with E-state index in [1.54, 1.807) is 0 Å². The SMILES string of the molecule is OCC[C@@H]1CCCC[NH+]1C[C@@H](O)COc1ccc2ccccc2c1. The van der Waals surface area contributed by atoms with Gasteiger partial charge in [0, 0.05) is 13.0 Å². The summed E-state index contributed by atoms with van der Waals surface area (Å²) in [5, 5.41) is 21.9. The molecule has 2 aromatic carbocycles. The van der Waals surface area contributed by atoms with Gasteiger partial charge in [0.2, 0.25) is 0 Å². The smallest absolute Gasteiger partial charge is 0.137 e. The van der Waals surface area contributed by atoms with Crippen LogP contribution in [-0.4, -0.2) is 48.7 Å². The predicted octanol–water partition coefficient (Wildman–Crippen LogP) is 1.40. The van der Waals surface area contributed by atoms with E-state index in [1.807, 2.05) is 30.3 Å². The molecule has 24 heavy (non-hydrogen) atoms. The van der Waals surface area contributed by atoms with Crippen LogP contribution in [0.1, 0.15) is 25.7 Å². The Kier molecular flexibility index (Phi) is 6.07. The van der Waals surface area contributed by atoms with Gasteiger partial charge in [-0.2, -0.15) is 0 Å². The maximum absolute atomic E-state index is 10.4. The highest BCUT2D eigenvalue weighted by Crippen LogP contribution is 2.20. The van der Waals surface area contributed by atoms with Gasteiger partial charge in [0.1, 0.15) is 25.0 Å². The second-order valence-electron chi connectivity index (χ2n) is 6.79. The van der Waals surface area contributed by atoms with Crippen LogP contribution in [0.3, 0.4) is 0 Å². The van der Waals surface area contributed by atoms with Crippen molar-refractivity contribution in [3.05, 3.63) is 42.5 Å². The first-order valence-electron chi connectivity index (χ1n) is 9.01. The lowest BCUT2D eigenvalue weighted by molar-refractivity contribution is -0.933. The summed E-state index contributed by atoms with van der Waals surface area (Å²) in [4.78, 5) is 1.41. The van der Waals surface area contributed by atoms with E-state index in [-0.39, 0.29) is 6.61 Å². The topological polar surface area (TPSA) is 54.1 Å². The number of hydrogen-bond acceptors (Lipinski definition) is 3. The minimum atomic E-state index is -0.481. The van der Waals surface area contributed by atoms with Gasteiger partial charge in [0.15, 0.2) is 0 Å². The van der Waals surface area contributed by atoms with Gasteiger partial charge >= 0.3 is 0 Å². The molecule has 4 heteroatoms. The van der Waals surface area contributed by atoms with Gasteiger partial charge in [0.25, 0.3) is 0 Å². The molecule has 0 aromatic heterocycles. The van der Waals surface area contributed by atoms with E-state index in [1.165, 1.54) is 23.1 Å². The molecule has 1 unspecified atom stereocenters. The predicted molar refractivity (Wildman–Crippen MR) is 95.5 cm³/mol. The Morgan fingerprint density at radius 3 is 2.79 bits per heavy atom. The Hall–Kier alpha value is -1.62. The zero-order valence-corrected chi connectivity index (χ0v) is 14.2. The molecular formula is C20H28NO3+. The third kappa shape index (κ3) is 4.47. The molecule has 0 radical (unpaired) electrons. The largest absolute Gasteiger partial charge is 0.491 e. The fraction of sp³-hybridized carbons (Fsp3) is 0.500. The summed E-state index contributed by atoms with van der Waals surface area (Å²) in [7, 11) is 0. The molecular weight excluding hydrogens is 302 g/mol. The first-order chi connectivity index (χ1) is 11.8. The number of rotatable bonds is 7. The molecule has 1 heterocycles. The number of benzene rings is 2. The fourth-order valence-electron chi connectivity index (χ4n) is 3.74. The summed E-state index contributed by atoms with van der Waals surface area (Å²) >= 11 is 0. The van der Waals surface area contributed by atoms with E-state index >= 15 is 0 Å². The highest BCUT2D eigenvalue weighted by molar-refractivity contribution is 5.83. The Morgan fingerprint density at radius 1 is 1.12 bits per heavy atom. The second kappa shape index (κ2) is 8.47. The van der Waals surface area contributed by atoms with Crippen LogP contribution in [0.25, 0.3) is 10.8 Å². The van der Waals surface area contributed by atoms with Crippen LogP contribution in [0.2, 0.25) is 0 Å². The normalized spacial score (nSPS) is 22.4. The van der Waals surface area contributed by atoms with Crippen molar-refractivity contribution in [3.63, 3.8) is 0 Å². The van der Waals surface area contributed by atoms with Crippen LogP contribution in [0.4, 0.5) is 0 Å². The number of nitrogens with one attached hydrogen (secondary N) is 1. The van der Waals surface area contributed by atoms with Gasteiger partial charge in [-0.15, -0.1) is 0 Å². The summed E-state index contributed by atoms with van der Waals surface area (Å²) in [5.41, 5.74) is 0. The number of ether oxygens (including phenoxy) is 1. The fourth-order valence-corrected chi connectivity index (χ4v) is 3.74. The van der Waals surface area contributed by atoms with Gasteiger partial charge in [-0.1, -0.05) is 30.3 Å². The average molecular weight is 330 g/mol. The number of fused-ring (bicyclic) bond motifs is 1. The summed E-state index contributed by atoms with van der Waals surface area (Å²) in [6, 6.07) is 14.7. The van der Waals surface area contributed by atoms with Crippen LogP contribution in [0.15, 0.2) is 42.5 Å². The molecule has 2 aromatic rings. The van der Waals surface area contributed by atoms with Crippen LogP contribution in [0.5, 0.6) is 5.75 Å². The number of hydrogen-bond donors (Lipinski definition) is 3. The molecule has 0 amide bonds. The molecule has 4 nitrogen and oxygen atoms in total. The quantitative estimate of drug-likeness (QED) is 0.719. The summed E-state index contributed by atoms with van der Waals surface area (Å²) < 4.78 is 5.80. The van der Waals surface area contributed by atoms with E-state index in [0.717, 1.165) is 30.5 Å². The maximum Gasteiger partial charge on any atom is 0.137 e. The Labute approximate surface area is 143 Å². The van der Waals surface area contributed by atoms with E-state index in [4.69, 9.17) is 4.74 Å². The van der Waals surface area contributed by atoms with Gasteiger partial charge in [0.05, 0.1) is 12.6 Å². The molecule has 0 saturated carbocycles. The van der Waals surface area contributed by atoms with E-state index in [2.05, 4.69) is 12.1 Å². The summed E-state index contributed by atoms with van der Waals surface area (Å²) in [6.07, 6.45) is 3.93. The van der Waals surface area contributed by atoms with Crippen molar-refractivity contribution in [2.75, 3.05) is 26.3 Å². The number of piperidine rings is 1. The van der Waals surface area contributed by atoms with Crippen LogP contribution in [-0.2, 0) is 0 Å². The lowest BCUT2D eigenvalue weighted by atomic mass is 9.99. The van der Waals surface area contributed by atoms with E-state index in [0.29, 0.717) is 19.2 Å². The average Bonchev–Trinajstić information content (AvgIpc) is 2.62. The molecule has 0 bridgehead atoms. The molecule has 0 spiro atoms. The number of aliphatic hydroxyl groups is 2. The van der Waals surface area contributed by atoms with E-state index < -0.39 is 6.10 Å². The minimum absolute atomic E-state index is 0.234. The van der Waals surface area contributed by atoms with Gasteiger partial charge < -0.3 is 19.8 Å². The van der Waals surface area contributed by atoms with E-state index in [9.17, 15) is 10.2 Å². The van der Waals surface area contributed by atoms with Crippen molar-refractivity contribution in [1.29, 1.82) is 0 Å². The van der Waals surface area contributed by atoms with Crippen LogP contribution >= 0.6 is 0 Å². The highest BCUT2D eigenvalue weighted by atomic mass is 16.5. The molecule has 0 aliphatic carbocycles. The van der Waals surface area contributed by atoms with Crippen molar-refractivity contribution in [1.82, 2.24) is 0 Å².